The van der Waals surface area contributed by atoms with Crippen LogP contribution in [0.4, 0.5) is 5.69 Å². The van der Waals surface area contributed by atoms with Crippen molar-refractivity contribution in [2.24, 2.45) is 0 Å². The van der Waals surface area contributed by atoms with E-state index in [1.165, 1.54) is 30.2 Å². The second-order valence-electron chi connectivity index (χ2n) is 6.85. The summed E-state index contributed by atoms with van der Waals surface area (Å²) < 4.78 is 10.2. The molecule has 1 aromatic rings. The molecular formula is C21H30N2O7. The molecule has 0 heterocycles. The Balaban J connectivity index is 2.44. The average Bonchev–Trinajstić information content (AvgIpc) is 2.74. The van der Waals surface area contributed by atoms with Gasteiger partial charge >= 0.3 is 5.97 Å². The molecule has 0 aliphatic carbocycles. The van der Waals surface area contributed by atoms with Gasteiger partial charge < -0.3 is 14.4 Å². The Morgan fingerprint density at radius 2 is 1.93 bits per heavy atom. The van der Waals surface area contributed by atoms with Gasteiger partial charge in [-0.05, 0) is 31.4 Å². The lowest BCUT2D eigenvalue weighted by Gasteiger charge is -2.21. The highest BCUT2D eigenvalue weighted by molar-refractivity contribution is 5.82. The van der Waals surface area contributed by atoms with Crippen LogP contribution in [0.2, 0.25) is 0 Å². The Hall–Kier alpha value is -2.97. The summed E-state index contributed by atoms with van der Waals surface area (Å²) in [4.78, 5) is 46.7. The van der Waals surface area contributed by atoms with E-state index in [1.54, 1.807) is 0 Å². The maximum atomic E-state index is 12.5. The Kier molecular flexibility index (Phi) is 11.8. The number of amides is 1. The van der Waals surface area contributed by atoms with Crippen molar-refractivity contribution in [3.8, 4) is 5.75 Å². The van der Waals surface area contributed by atoms with Crippen LogP contribution in [0.5, 0.6) is 5.75 Å². The van der Waals surface area contributed by atoms with E-state index in [0.717, 1.165) is 25.7 Å². The molecule has 0 N–H and O–H groups in total. The van der Waals surface area contributed by atoms with Gasteiger partial charge in [0.15, 0.2) is 6.29 Å². The maximum Gasteiger partial charge on any atom is 0.325 e. The lowest BCUT2D eigenvalue weighted by Crippen LogP contribution is -2.36. The number of carbonyl (C=O) groups excluding carboxylic acids is 3. The lowest BCUT2D eigenvalue weighted by atomic mass is 10.1. The molecule has 1 aromatic carbocycles. The van der Waals surface area contributed by atoms with Crippen LogP contribution >= 0.6 is 0 Å². The summed E-state index contributed by atoms with van der Waals surface area (Å²) >= 11 is 0. The molecule has 0 aliphatic rings. The quantitative estimate of drug-likeness (QED) is 0.139. The van der Waals surface area contributed by atoms with Gasteiger partial charge in [-0.25, -0.2) is 0 Å². The number of rotatable bonds is 15. The fourth-order valence-corrected chi connectivity index (χ4v) is 2.85. The first kappa shape index (κ1) is 25.1. The molecule has 0 saturated carbocycles. The standard InChI is InChI=1S/C21H30N2O7/c1-3-4-5-7-12-22(15-21(26)29-2)20(25)9-6-8-13-30-18-10-11-19(23(27)28)17(14-18)16-24/h10-11,14,16H,3-9,12-13,15H2,1-2H3. The number of methoxy groups -OCH3 is 1. The molecule has 0 radical (unpaired) electrons. The Morgan fingerprint density at radius 1 is 1.17 bits per heavy atom. The maximum absolute atomic E-state index is 12.5. The van der Waals surface area contributed by atoms with Crippen molar-refractivity contribution in [2.75, 3.05) is 26.8 Å². The molecule has 0 atom stereocenters. The number of nitro benzene ring substituents is 1. The smallest absolute Gasteiger partial charge is 0.325 e. The fourth-order valence-electron chi connectivity index (χ4n) is 2.85. The van der Waals surface area contributed by atoms with E-state index in [9.17, 15) is 24.5 Å². The van der Waals surface area contributed by atoms with Gasteiger partial charge in [0.1, 0.15) is 12.3 Å². The monoisotopic (exact) mass is 422 g/mol. The zero-order valence-corrected chi connectivity index (χ0v) is 17.6. The number of nitrogens with zero attached hydrogens (tertiary/aromatic N) is 2. The van der Waals surface area contributed by atoms with Crippen molar-refractivity contribution < 1.29 is 28.8 Å². The summed E-state index contributed by atoms with van der Waals surface area (Å²) in [7, 11) is 1.30. The first-order valence-corrected chi connectivity index (χ1v) is 10.1. The van der Waals surface area contributed by atoms with Crippen LogP contribution in [-0.4, -0.2) is 54.8 Å². The molecular weight excluding hydrogens is 392 g/mol. The van der Waals surface area contributed by atoms with E-state index in [4.69, 9.17) is 4.74 Å². The van der Waals surface area contributed by atoms with Crippen molar-refractivity contribution >= 4 is 23.9 Å². The number of hydrogen-bond acceptors (Lipinski definition) is 7. The summed E-state index contributed by atoms with van der Waals surface area (Å²) in [6.45, 7) is 2.89. The van der Waals surface area contributed by atoms with E-state index >= 15 is 0 Å². The number of aldehydes is 1. The van der Waals surface area contributed by atoms with Gasteiger partial charge in [-0.3, -0.25) is 24.5 Å². The highest BCUT2D eigenvalue weighted by Gasteiger charge is 2.17. The largest absolute Gasteiger partial charge is 0.494 e. The minimum atomic E-state index is -0.624. The summed E-state index contributed by atoms with van der Waals surface area (Å²) in [5.74, 6) is -0.181. The van der Waals surface area contributed by atoms with Gasteiger partial charge in [-0.15, -0.1) is 0 Å². The summed E-state index contributed by atoms with van der Waals surface area (Å²) in [5, 5.41) is 10.8. The van der Waals surface area contributed by atoms with Crippen molar-refractivity contribution in [3.63, 3.8) is 0 Å². The number of esters is 1. The topological polar surface area (TPSA) is 116 Å². The highest BCUT2D eigenvalue weighted by Crippen LogP contribution is 2.22. The number of benzene rings is 1. The number of nitro groups is 1. The van der Waals surface area contributed by atoms with Crippen LogP contribution in [-0.2, 0) is 14.3 Å². The zero-order valence-electron chi connectivity index (χ0n) is 17.6. The molecule has 1 amide bonds. The minimum absolute atomic E-state index is 0.0464. The predicted octanol–water partition coefficient (Wildman–Crippen LogP) is 3.54. The van der Waals surface area contributed by atoms with Crippen molar-refractivity contribution in [3.05, 3.63) is 33.9 Å². The average molecular weight is 422 g/mol. The van der Waals surface area contributed by atoms with E-state index in [-0.39, 0.29) is 30.1 Å². The number of carbonyl (C=O) groups is 3. The van der Waals surface area contributed by atoms with Gasteiger partial charge in [-0.2, -0.15) is 0 Å². The van der Waals surface area contributed by atoms with E-state index in [2.05, 4.69) is 11.7 Å². The number of unbranched alkanes of at least 4 members (excludes halogenated alkanes) is 4. The third kappa shape index (κ3) is 9.02. The molecule has 0 aromatic heterocycles. The molecule has 0 bridgehead atoms. The van der Waals surface area contributed by atoms with Crippen molar-refractivity contribution in [1.29, 1.82) is 0 Å². The third-order valence-corrected chi connectivity index (χ3v) is 4.56. The van der Waals surface area contributed by atoms with Gasteiger partial charge in [0, 0.05) is 19.0 Å². The van der Waals surface area contributed by atoms with Crippen LogP contribution in [0.15, 0.2) is 18.2 Å². The molecule has 166 valence electrons. The summed E-state index contributed by atoms with van der Waals surface area (Å²) in [6, 6.07) is 3.99. The highest BCUT2D eigenvalue weighted by atomic mass is 16.6. The van der Waals surface area contributed by atoms with Crippen LogP contribution < -0.4 is 4.74 Å². The lowest BCUT2D eigenvalue weighted by molar-refractivity contribution is -0.385. The van der Waals surface area contributed by atoms with Gasteiger partial charge in [0.2, 0.25) is 5.91 Å². The van der Waals surface area contributed by atoms with Crippen molar-refractivity contribution in [2.45, 2.75) is 51.9 Å². The van der Waals surface area contributed by atoms with Gasteiger partial charge in [-0.1, -0.05) is 26.2 Å². The molecule has 30 heavy (non-hydrogen) atoms. The first-order chi connectivity index (χ1) is 14.4. The van der Waals surface area contributed by atoms with Gasteiger partial charge in [0.25, 0.3) is 5.69 Å². The van der Waals surface area contributed by atoms with Crippen LogP contribution in [0.25, 0.3) is 0 Å². The molecule has 1 rings (SSSR count). The Labute approximate surface area is 176 Å². The fraction of sp³-hybridized carbons (Fsp3) is 0.571. The second kappa shape index (κ2) is 14.1. The van der Waals surface area contributed by atoms with E-state index < -0.39 is 10.9 Å². The van der Waals surface area contributed by atoms with Crippen molar-refractivity contribution in [1.82, 2.24) is 4.90 Å². The van der Waals surface area contributed by atoms with E-state index in [1.807, 2.05) is 0 Å². The second-order valence-corrected chi connectivity index (χ2v) is 6.85. The number of ether oxygens (including phenoxy) is 2. The SMILES string of the molecule is CCCCCCN(CC(=O)OC)C(=O)CCCCOc1ccc([N+](=O)[O-])c(C=O)c1. The molecule has 0 fully saturated rings. The molecule has 0 aliphatic heterocycles. The summed E-state index contributed by atoms with van der Waals surface area (Å²) in [5.41, 5.74) is -0.318. The molecule has 9 heteroatoms. The molecule has 0 saturated heterocycles. The van der Waals surface area contributed by atoms with Crippen LogP contribution in [0.3, 0.4) is 0 Å². The van der Waals surface area contributed by atoms with Gasteiger partial charge in [0.05, 0.1) is 24.2 Å². The molecule has 9 nitrogen and oxygen atoms in total. The summed E-state index contributed by atoms with van der Waals surface area (Å²) in [6.07, 6.45) is 5.89. The van der Waals surface area contributed by atoms with Crippen LogP contribution in [0.1, 0.15) is 62.2 Å². The zero-order chi connectivity index (χ0) is 22.4. The Morgan fingerprint density at radius 3 is 2.57 bits per heavy atom. The first-order valence-electron chi connectivity index (χ1n) is 10.1. The Bertz CT molecular complexity index is 721. The normalized spacial score (nSPS) is 10.3. The predicted molar refractivity (Wildman–Crippen MR) is 111 cm³/mol. The number of hydrogen-bond donors (Lipinski definition) is 0. The third-order valence-electron chi connectivity index (χ3n) is 4.56. The van der Waals surface area contributed by atoms with Crippen LogP contribution in [0, 0.1) is 10.1 Å². The minimum Gasteiger partial charge on any atom is -0.494 e. The molecule has 0 unspecified atom stereocenters. The van der Waals surface area contributed by atoms with E-state index in [0.29, 0.717) is 38.0 Å². The molecule has 0 spiro atoms.